The molecule has 2 aromatic rings. The van der Waals surface area contributed by atoms with E-state index in [2.05, 4.69) is 29.1 Å². The lowest BCUT2D eigenvalue weighted by atomic mass is 10.1. The van der Waals surface area contributed by atoms with Crippen LogP contribution >= 0.6 is 11.3 Å². The van der Waals surface area contributed by atoms with E-state index in [1.807, 2.05) is 13.8 Å². The fourth-order valence-electron chi connectivity index (χ4n) is 1.75. The molecule has 19 heavy (non-hydrogen) atoms. The number of nitrogen functional groups attached to an aromatic ring is 1. The minimum atomic E-state index is -0.0684. The van der Waals surface area contributed by atoms with Crippen LogP contribution in [0.5, 0.6) is 0 Å². The molecule has 6 heteroatoms. The molecule has 0 saturated heterocycles. The van der Waals surface area contributed by atoms with Crippen molar-refractivity contribution in [3.63, 3.8) is 0 Å². The van der Waals surface area contributed by atoms with Crippen LogP contribution in [0.25, 0.3) is 10.2 Å². The molecule has 1 amide bonds. The summed E-state index contributed by atoms with van der Waals surface area (Å²) in [4.78, 5) is 21.8. The molecular formula is C13H18N4OS. The summed E-state index contributed by atoms with van der Waals surface area (Å²) in [6.45, 7) is 8.03. The van der Waals surface area contributed by atoms with E-state index in [-0.39, 0.29) is 11.9 Å². The minimum absolute atomic E-state index is 0.0684. The lowest BCUT2D eigenvalue weighted by molar-refractivity contribution is 0.0934. The number of nitrogens with zero attached hydrogens (tertiary/aromatic N) is 2. The average Bonchev–Trinajstić information content (AvgIpc) is 2.68. The molecule has 0 saturated carbocycles. The van der Waals surface area contributed by atoms with Gasteiger partial charge in [-0.05, 0) is 25.3 Å². The lowest BCUT2D eigenvalue weighted by Crippen LogP contribution is -2.35. The predicted octanol–water partition coefficient (Wildman–Crippen LogP) is 2.36. The van der Waals surface area contributed by atoms with Crippen LogP contribution in [0, 0.1) is 12.8 Å². The van der Waals surface area contributed by atoms with Gasteiger partial charge >= 0.3 is 0 Å². The Labute approximate surface area is 116 Å². The van der Waals surface area contributed by atoms with Crippen molar-refractivity contribution < 1.29 is 4.79 Å². The zero-order valence-corrected chi connectivity index (χ0v) is 12.3. The van der Waals surface area contributed by atoms with Crippen LogP contribution in [0.15, 0.2) is 6.33 Å². The summed E-state index contributed by atoms with van der Waals surface area (Å²) in [6.07, 6.45) is 1.42. The summed E-state index contributed by atoms with van der Waals surface area (Å²) in [6, 6.07) is 0.126. The van der Waals surface area contributed by atoms with Crippen LogP contribution in [0.2, 0.25) is 0 Å². The molecule has 0 fully saturated rings. The normalized spacial score (nSPS) is 12.9. The Morgan fingerprint density at radius 1 is 1.37 bits per heavy atom. The van der Waals surface area contributed by atoms with Gasteiger partial charge in [0.15, 0.2) is 0 Å². The summed E-state index contributed by atoms with van der Waals surface area (Å²) in [5.41, 5.74) is 6.70. The van der Waals surface area contributed by atoms with E-state index in [1.54, 1.807) is 0 Å². The van der Waals surface area contributed by atoms with E-state index in [4.69, 9.17) is 5.73 Å². The van der Waals surface area contributed by atoms with Crippen LogP contribution in [0.4, 0.5) is 5.82 Å². The van der Waals surface area contributed by atoms with E-state index in [9.17, 15) is 4.79 Å². The Bertz CT molecular complexity index is 620. The van der Waals surface area contributed by atoms with Gasteiger partial charge in [-0.25, -0.2) is 9.97 Å². The van der Waals surface area contributed by atoms with Crippen LogP contribution < -0.4 is 11.1 Å². The summed E-state index contributed by atoms with van der Waals surface area (Å²) >= 11 is 1.36. The van der Waals surface area contributed by atoms with Crippen LogP contribution in [0.3, 0.4) is 0 Å². The number of anilines is 1. The topological polar surface area (TPSA) is 80.9 Å². The molecule has 1 unspecified atom stereocenters. The molecule has 0 aliphatic carbocycles. The molecule has 0 aliphatic rings. The maximum Gasteiger partial charge on any atom is 0.261 e. The molecule has 3 N–H and O–H groups in total. The van der Waals surface area contributed by atoms with Gasteiger partial charge in [-0.2, -0.15) is 0 Å². The largest absolute Gasteiger partial charge is 0.383 e. The Morgan fingerprint density at radius 2 is 2.05 bits per heavy atom. The van der Waals surface area contributed by atoms with Crippen molar-refractivity contribution in [1.82, 2.24) is 15.3 Å². The molecule has 102 valence electrons. The van der Waals surface area contributed by atoms with Gasteiger partial charge in [-0.1, -0.05) is 13.8 Å². The third kappa shape index (κ3) is 2.53. The van der Waals surface area contributed by atoms with E-state index in [0.29, 0.717) is 16.6 Å². The highest BCUT2D eigenvalue weighted by atomic mass is 32.1. The van der Waals surface area contributed by atoms with E-state index in [1.165, 1.54) is 17.7 Å². The second-order valence-electron chi connectivity index (χ2n) is 5.00. The molecule has 0 aliphatic heterocycles. The molecular weight excluding hydrogens is 260 g/mol. The number of amides is 1. The van der Waals surface area contributed by atoms with Gasteiger partial charge in [0.05, 0.1) is 10.3 Å². The van der Waals surface area contributed by atoms with E-state index in [0.717, 1.165) is 15.8 Å². The van der Waals surface area contributed by atoms with Crippen molar-refractivity contribution in [3.05, 3.63) is 16.8 Å². The Morgan fingerprint density at radius 3 is 2.63 bits per heavy atom. The summed E-state index contributed by atoms with van der Waals surface area (Å²) in [5, 5.41) is 3.79. The molecule has 0 spiro atoms. The highest BCUT2D eigenvalue weighted by Gasteiger charge is 2.20. The second-order valence-corrected chi connectivity index (χ2v) is 6.00. The maximum absolute atomic E-state index is 12.3. The maximum atomic E-state index is 12.3. The first-order valence-corrected chi connectivity index (χ1v) is 7.04. The first-order chi connectivity index (χ1) is 8.91. The van der Waals surface area contributed by atoms with Crippen molar-refractivity contribution in [1.29, 1.82) is 0 Å². The van der Waals surface area contributed by atoms with Gasteiger partial charge in [-0.15, -0.1) is 11.3 Å². The Hall–Kier alpha value is -1.69. The fraction of sp³-hybridized carbons (Fsp3) is 0.462. The van der Waals surface area contributed by atoms with Crippen molar-refractivity contribution in [3.8, 4) is 0 Å². The van der Waals surface area contributed by atoms with Gasteiger partial charge in [0.2, 0.25) is 0 Å². The highest BCUT2D eigenvalue weighted by Crippen LogP contribution is 2.31. The monoisotopic (exact) mass is 278 g/mol. The third-order valence-corrected chi connectivity index (χ3v) is 4.52. The Balaban J connectivity index is 2.38. The molecule has 0 bridgehead atoms. The van der Waals surface area contributed by atoms with Crippen LogP contribution in [-0.4, -0.2) is 21.9 Å². The van der Waals surface area contributed by atoms with E-state index < -0.39 is 0 Å². The van der Waals surface area contributed by atoms with Gasteiger partial charge < -0.3 is 11.1 Å². The van der Waals surface area contributed by atoms with Crippen molar-refractivity contribution >= 4 is 33.3 Å². The first-order valence-electron chi connectivity index (χ1n) is 6.22. The molecule has 2 aromatic heterocycles. The number of hydrogen-bond donors (Lipinski definition) is 2. The zero-order valence-electron chi connectivity index (χ0n) is 11.5. The fourth-order valence-corrected chi connectivity index (χ4v) is 2.81. The van der Waals surface area contributed by atoms with Crippen molar-refractivity contribution in [2.75, 3.05) is 5.73 Å². The van der Waals surface area contributed by atoms with Gasteiger partial charge in [-0.3, -0.25) is 4.79 Å². The average molecular weight is 278 g/mol. The second kappa shape index (κ2) is 5.13. The Kier molecular flexibility index (Phi) is 3.71. The lowest BCUT2D eigenvalue weighted by Gasteiger charge is -2.17. The molecule has 2 heterocycles. The quantitative estimate of drug-likeness (QED) is 0.903. The number of thiophene rings is 1. The zero-order chi connectivity index (χ0) is 14.2. The van der Waals surface area contributed by atoms with Gasteiger partial charge in [0.25, 0.3) is 5.91 Å². The molecule has 0 aromatic carbocycles. The van der Waals surface area contributed by atoms with Gasteiger partial charge in [0.1, 0.15) is 17.0 Å². The number of nitrogens with two attached hydrogens (primary N) is 1. The summed E-state index contributed by atoms with van der Waals surface area (Å²) in [7, 11) is 0. The van der Waals surface area contributed by atoms with Crippen molar-refractivity contribution in [2.24, 2.45) is 5.92 Å². The minimum Gasteiger partial charge on any atom is -0.383 e. The third-order valence-electron chi connectivity index (χ3n) is 3.32. The first kappa shape index (κ1) is 13.7. The standard InChI is InChI=1S/C13H18N4OS/c1-6(2)8(4)17-12(18)10-7(3)9-11(14)15-5-16-13(9)19-10/h5-6,8H,1-4H3,(H,17,18)(H2,14,15,16). The van der Waals surface area contributed by atoms with Crippen LogP contribution in [-0.2, 0) is 0 Å². The number of hydrogen-bond acceptors (Lipinski definition) is 5. The number of aromatic nitrogens is 2. The number of nitrogens with one attached hydrogen (secondary N) is 1. The number of carbonyl (C=O) groups excluding carboxylic acids is 1. The molecule has 1 atom stereocenters. The van der Waals surface area contributed by atoms with Crippen molar-refractivity contribution in [2.45, 2.75) is 33.7 Å². The van der Waals surface area contributed by atoms with Gasteiger partial charge in [0, 0.05) is 6.04 Å². The van der Waals surface area contributed by atoms with Crippen LogP contribution in [0.1, 0.15) is 36.0 Å². The molecule has 5 nitrogen and oxygen atoms in total. The molecule has 2 rings (SSSR count). The SMILES string of the molecule is Cc1c(C(=O)NC(C)C(C)C)sc2ncnc(N)c12. The molecule has 0 radical (unpaired) electrons. The number of fused-ring (bicyclic) bond motifs is 1. The van der Waals surface area contributed by atoms with E-state index >= 15 is 0 Å². The number of aryl methyl sites for hydroxylation is 1. The smallest absolute Gasteiger partial charge is 0.261 e. The predicted molar refractivity (Wildman–Crippen MR) is 78.3 cm³/mol. The number of rotatable bonds is 3. The summed E-state index contributed by atoms with van der Waals surface area (Å²) < 4.78 is 0. The summed E-state index contributed by atoms with van der Waals surface area (Å²) in [5.74, 6) is 0.749. The highest BCUT2D eigenvalue weighted by molar-refractivity contribution is 7.20. The number of carbonyl (C=O) groups is 1.